The van der Waals surface area contributed by atoms with Gasteiger partial charge in [-0.15, -0.1) is 0 Å². The quantitative estimate of drug-likeness (QED) is 0.695. The summed E-state index contributed by atoms with van der Waals surface area (Å²) >= 11 is 0. The first-order valence-corrected chi connectivity index (χ1v) is 8.77. The first-order valence-electron chi connectivity index (χ1n) is 8.77. The van der Waals surface area contributed by atoms with E-state index in [4.69, 9.17) is 14.2 Å². The van der Waals surface area contributed by atoms with Gasteiger partial charge in [-0.05, 0) is 53.2 Å². The molecule has 0 spiro atoms. The standard InChI is InChI=1S/C19H31NO4/c1-7-11-19(5,6)20-18(21)14-12-15(22-8-2)17(24-10-4)16(13-14)23-9-3/h12-13H,7-11H2,1-6H3,(H,20,21). The Hall–Kier alpha value is -1.91. The Kier molecular flexibility index (Phi) is 7.89. The van der Waals surface area contributed by atoms with Gasteiger partial charge in [-0.25, -0.2) is 0 Å². The first kappa shape index (κ1) is 20.1. The van der Waals surface area contributed by atoms with E-state index in [1.807, 2.05) is 34.6 Å². The number of carbonyl (C=O) groups is 1. The van der Waals surface area contributed by atoms with Crippen LogP contribution in [0.3, 0.4) is 0 Å². The summed E-state index contributed by atoms with van der Waals surface area (Å²) in [5.74, 6) is 1.47. The Balaban J connectivity index is 3.20. The molecule has 5 heteroatoms. The van der Waals surface area contributed by atoms with Gasteiger partial charge in [-0.2, -0.15) is 0 Å². The van der Waals surface area contributed by atoms with Crippen LogP contribution in [0.25, 0.3) is 0 Å². The van der Waals surface area contributed by atoms with Crippen molar-refractivity contribution in [2.75, 3.05) is 19.8 Å². The molecule has 5 nitrogen and oxygen atoms in total. The van der Waals surface area contributed by atoms with Crippen molar-refractivity contribution in [3.8, 4) is 17.2 Å². The number of ether oxygens (including phenoxy) is 3. The molecule has 0 radical (unpaired) electrons. The van der Waals surface area contributed by atoms with Crippen molar-refractivity contribution in [1.82, 2.24) is 5.32 Å². The van der Waals surface area contributed by atoms with E-state index >= 15 is 0 Å². The van der Waals surface area contributed by atoms with Crippen LogP contribution < -0.4 is 19.5 Å². The van der Waals surface area contributed by atoms with Gasteiger partial charge in [0.05, 0.1) is 19.8 Å². The molecule has 1 amide bonds. The molecule has 0 bridgehead atoms. The highest BCUT2D eigenvalue weighted by atomic mass is 16.5. The Labute approximate surface area is 145 Å². The SMILES string of the molecule is CCCC(C)(C)NC(=O)c1cc(OCC)c(OCC)c(OCC)c1. The monoisotopic (exact) mass is 337 g/mol. The van der Waals surface area contributed by atoms with Crippen molar-refractivity contribution in [2.45, 2.75) is 59.9 Å². The fraction of sp³-hybridized carbons (Fsp3) is 0.632. The zero-order valence-electron chi connectivity index (χ0n) is 15.8. The lowest BCUT2D eigenvalue weighted by atomic mass is 9.98. The van der Waals surface area contributed by atoms with Crippen molar-refractivity contribution in [1.29, 1.82) is 0 Å². The second-order valence-electron chi connectivity index (χ2n) is 6.19. The van der Waals surface area contributed by atoms with Gasteiger partial charge in [0, 0.05) is 11.1 Å². The zero-order valence-corrected chi connectivity index (χ0v) is 15.8. The first-order chi connectivity index (χ1) is 11.4. The third-order valence-corrected chi connectivity index (χ3v) is 3.50. The fourth-order valence-corrected chi connectivity index (χ4v) is 2.59. The summed E-state index contributed by atoms with van der Waals surface area (Å²) in [5.41, 5.74) is 0.247. The predicted octanol–water partition coefficient (Wildman–Crippen LogP) is 4.19. The van der Waals surface area contributed by atoms with Crippen LogP contribution in [0.5, 0.6) is 17.2 Å². The molecule has 0 fully saturated rings. The third kappa shape index (κ3) is 5.62. The number of nitrogens with one attached hydrogen (secondary N) is 1. The highest BCUT2D eigenvalue weighted by molar-refractivity contribution is 5.96. The average molecular weight is 337 g/mol. The molecular weight excluding hydrogens is 306 g/mol. The smallest absolute Gasteiger partial charge is 0.251 e. The van der Waals surface area contributed by atoms with Gasteiger partial charge in [0.25, 0.3) is 5.91 Å². The molecule has 136 valence electrons. The topological polar surface area (TPSA) is 56.8 Å². The molecule has 0 aliphatic heterocycles. The Morgan fingerprint density at radius 3 is 1.88 bits per heavy atom. The summed E-state index contributed by atoms with van der Waals surface area (Å²) in [5, 5.41) is 3.07. The average Bonchev–Trinajstić information content (AvgIpc) is 2.50. The lowest BCUT2D eigenvalue weighted by Gasteiger charge is -2.26. The van der Waals surface area contributed by atoms with Crippen molar-refractivity contribution < 1.29 is 19.0 Å². The molecule has 1 aromatic rings. The maximum absolute atomic E-state index is 12.7. The van der Waals surface area contributed by atoms with Gasteiger partial charge < -0.3 is 19.5 Å². The molecule has 1 aromatic carbocycles. The van der Waals surface area contributed by atoms with Crippen LogP contribution in [0.2, 0.25) is 0 Å². The number of amides is 1. The minimum atomic E-state index is -0.262. The van der Waals surface area contributed by atoms with Gasteiger partial charge in [-0.3, -0.25) is 4.79 Å². The molecule has 0 saturated heterocycles. The number of benzene rings is 1. The van der Waals surface area contributed by atoms with E-state index in [1.165, 1.54) is 0 Å². The molecule has 0 aromatic heterocycles. The second-order valence-corrected chi connectivity index (χ2v) is 6.19. The molecule has 24 heavy (non-hydrogen) atoms. The van der Waals surface area contributed by atoms with Gasteiger partial charge in [0.1, 0.15) is 0 Å². The molecule has 0 heterocycles. The van der Waals surface area contributed by atoms with Crippen molar-refractivity contribution in [3.63, 3.8) is 0 Å². The number of rotatable bonds is 10. The Morgan fingerprint density at radius 1 is 0.958 bits per heavy atom. The summed E-state index contributed by atoms with van der Waals surface area (Å²) < 4.78 is 17.0. The summed E-state index contributed by atoms with van der Waals surface area (Å²) in [7, 11) is 0. The minimum Gasteiger partial charge on any atom is -0.490 e. The zero-order chi connectivity index (χ0) is 18.2. The molecule has 0 aliphatic rings. The van der Waals surface area contributed by atoms with Crippen LogP contribution in [0.4, 0.5) is 0 Å². The highest BCUT2D eigenvalue weighted by Crippen LogP contribution is 2.39. The summed E-state index contributed by atoms with van der Waals surface area (Å²) in [6, 6.07) is 3.43. The molecule has 0 unspecified atom stereocenters. The lowest BCUT2D eigenvalue weighted by molar-refractivity contribution is 0.0908. The second kappa shape index (κ2) is 9.40. The van der Waals surface area contributed by atoms with Gasteiger partial charge in [0.15, 0.2) is 11.5 Å². The van der Waals surface area contributed by atoms with Crippen molar-refractivity contribution >= 4 is 5.91 Å². The number of hydrogen-bond donors (Lipinski definition) is 1. The Morgan fingerprint density at radius 2 is 1.46 bits per heavy atom. The lowest BCUT2D eigenvalue weighted by Crippen LogP contribution is -2.43. The van der Waals surface area contributed by atoms with Crippen molar-refractivity contribution in [3.05, 3.63) is 17.7 Å². The highest BCUT2D eigenvalue weighted by Gasteiger charge is 2.23. The maximum atomic E-state index is 12.7. The van der Waals surface area contributed by atoms with Crippen LogP contribution in [0, 0.1) is 0 Å². The van der Waals surface area contributed by atoms with E-state index in [2.05, 4.69) is 12.2 Å². The van der Waals surface area contributed by atoms with E-state index in [9.17, 15) is 4.79 Å². The van der Waals surface area contributed by atoms with E-state index in [0.717, 1.165) is 12.8 Å². The van der Waals surface area contributed by atoms with E-state index in [1.54, 1.807) is 12.1 Å². The number of hydrogen-bond acceptors (Lipinski definition) is 4. The minimum absolute atomic E-state index is 0.140. The molecule has 1 rings (SSSR count). The van der Waals surface area contributed by atoms with E-state index < -0.39 is 0 Å². The molecule has 0 aliphatic carbocycles. The summed E-state index contributed by atoms with van der Waals surface area (Å²) in [6.07, 6.45) is 1.91. The fourth-order valence-electron chi connectivity index (χ4n) is 2.59. The van der Waals surface area contributed by atoms with Gasteiger partial charge >= 0.3 is 0 Å². The van der Waals surface area contributed by atoms with Crippen LogP contribution >= 0.6 is 0 Å². The van der Waals surface area contributed by atoms with Crippen LogP contribution in [-0.4, -0.2) is 31.3 Å². The van der Waals surface area contributed by atoms with Crippen LogP contribution in [0.1, 0.15) is 64.7 Å². The molecule has 1 N–H and O–H groups in total. The van der Waals surface area contributed by atoms with Crippen molar-refractivity contribution in [2.24, 2.45) is 0 Å². The largest absolute Gasteiger partial charge is 0.490 e. The number of carbonyl (C=O) groups excluding carboxylic acids is 1. The third-order valence-electron chi connectivity index (χ3n) is 3.50. The predicted molar refractivity (Wildman–Crippen MR) is 96.4 cm³/mol. The summed E-state index contributed by atoms with van der Waals surface area (Å²) in [6.45, 7) is 13.3. The molecule has 0 atom stereocenters. The maximum Gasteiger partial charge on any atom is 0.251 e. The van der Waals surface area contributed by atoms with E-state index in [-0.39, 0.29) is 11.4 Å². The normalized spacial score (nSPS) is 11.1. The van der Waals surface area contributed by atoms with E-state index in [0.29, 0.717) is 42.6 Å². The summed E-state index contributed by atoms with van der Waals surface area (Å²) in [4.78, 5) is 12.7. The molecular formula is C19H31NO4. The molecule has 0 saturated carbocycles. The van der Waals surface area contributed by atoms with Gasteiger partial charge in [-0.1, -0.05) is 13.3 Å². The van der Waals surface area contributed by atoms with Crippen LogP contribution in [0.15, 0.2) is 12.1 Å². The Bertz CT molecular complexity index is 513. The van der Waals surface area contributed by atoms with Crippen LogP contribution in [-0.2, 0) is 0 Å². The van der Waals surface area contributed by atoms with Gasteiger partial charge in [0.2, 0.25) is 5.75 Å².